The van der Waals surface area contributed by atoms with Gasteiger partial charge in [-0.2, -0.15) is 0 Å². The van der Waals surface area contributed by atoms with E-state index in [4.69, 9.17) is 4.74 Å². The molecule has 0 amide bonds. The Balaban J connectivity index is 1.35. The van der Waals surface area contributed by atoms with Crippen molar-refractivity contribution >= 4 is 21.5 Å². The summed E-state index contributed by atoms with van der Waals surface area (Å²) in [5, 5.41) is 4.89. The minimum Gasteiger partial charge on any atom is -0.455 e. The van der Waals surface area contributed by atoms with E-state index in [1.165, 1.54) is 66.1 Å². The summed E-state index contributed by atoms with van der Waals surface area (Å²) in [4.78, 5) is 0. The molecule has 10 rings (SSSR count). The van der Waals surface area contributed by atoms with Crippen molar-refractivity contribution in [2.75, 3.05) is 0 Å². The van der Waals surface area contributed by atoms with Crippen molar-refractivity contribution in [1.82, 2.24) is 0 Å². The Labute approximate surface area is 268 Å². The first-order valence-corrected chi connectivity index (χ1v) is 15.9. The van der Waals surface area contributed by atoms with Crippen molar-refractivity contribution in [3.63, 3.8) is 0 Å². The normalized spacial score (nSPS) is 15.7. The SMILES string of the molecule is c1ccc(C2(c3ccccc3-c3ccc4cccc5c4c3Oc3ccccc3-5)c3ccccc3-c3c2ccc2ccccc32)cc1. The molecule has 2 aliphatic rings. The quantitative estimate of drug-likeness (QED) is 0.201. The number of hydrogen-bond donors (Lipinski definition) is 0. The van der Waals surface area contributed by atoms with Gasteiger partial charge in [-0.15, -0.1) is 0 Å². The number of para-hydroxylation sites is 1. The molecule has 1 heterocycles. The summed E-state index contributed by atoms with van der Waals surface area (Å²) in [7, 11) is 0. The van der Waals surface area contributed by atoms with Gasteiger partial charge in [-0.25, -0.2) is 0 Å². The van der Waals surface area contributed by atoms with Gasteiger partial charge in [0.1, 0.15) is 11.5 Å². The standard InChI is InChI=1S/C45H28O/c1-2-15-31(16-3-1)45(39-23-10-7-20-37(39)43-32-17-5-4-13-29(32)26-28-40(43)45)38-22-9-6-18-33(38)36-27-25-30-14-12-21-35-34-19-8-11-24-41(34)46-44(36)42(30)35/h1-28H. The largest absolute Gasteiger partial charge is 0.455 e. The van der Waals surface area contributed by atoms with Crippen LogP contribution < -0.4 is 4.74 Å². The van der Waals surface area contributed by atoms with Crippen LogP contribution in [0.1, 0.15) is 22.3 Å². The van der Waals surface area contributed by atoms with Crippen molar-refractivity contribution < 1.29 is 4.74 Å². The zero-order valence-corrected chi connectivity index (χ0v) is 25.1. The predicted octanol–water partition coefficient (Wildman–Crippen LogP) is 11.8. The third kappa shape index (κ3) is 3.29. The number of benzene rings is 8. The summed E-state index contributed by atoms with van der Waals surface area (Å²) in [6, 6.07) is 62.0. The lowest BCUT2D eigenvalue weighted by Crippen LogP contribution is -2.29. The first-order chi connectivity index (χ1) is 22.8. The molecule has 1 aliphatic heterocycles. The molecule has 1 heteroatoms. The molecule has 0 saturated carbocycles. The van der Waals surface area contributed by atoms with Crippen LogP contribution in [0.3, 0.4) is 0 Å². The highest BCUT2D eigenvalue weighted by molar-refractivity contribution is 6.09. The molecule has 8 aromatic rings. The van der Waals surface area contributed by atoms with E-state index in [2.05, 4.69) is 170 Å². The summed E-state index contributed by atoms with van der Waals surface area (Å²) in [5.74, 6) is 1.82. The Morgan fingerprint density at radius 2 is 1.00 bits per heavy atom. The number of fused-ring (bicyclic) bond motifs is 7. The van der Waals surface area contributed by atoms with Crippen molar-refractivity contribution in [3.8, 4) is 44.9 Å². The molecule has 0 saturated heterocycles. The fraction of sp³-hybridized carbons (Fsp3) is 0.0222. The molecule has 1 atom stereocenters. The number of ether oxygens (including phenoxy) is 1. The third-order valence-electron chi connectivity index (χ3n) is 10.1. The summed E-state index contributed by atoms with van der Waals surface area (Å²) in [5.41, 5.74) is 11.8. The van der Waals surface area contributed by atoms with Gasteiger partial charge in [0, 0.05) is 16.5 Å². The second kappa shape index (κ2) is 9.54. The molecule has 0 spiro atoms. The van der Waals surface area contributed by atoms with E-state index < -0.39 is 5.41 Å². The van der Waals surface area contributed by atoms with E-state index in [0.29, 0.717) is 0 Å². The summed E-state index contributed by atoms with van der Waals surface area (Å²) in [6.45, 7) is 0. The maximum Gasteiger partial charge on any atom is 0.143 e. The van der Waals surface area contributed by atoms with Crippen LogP contribution in [0.25, 0.3) is 54.9 Å². The van der Waals surface area contributed by atoms with Gasteiger partial charge >= 0.3 is 0 Å². The zero-order valence-electron chi connectivity index (χ0n) is 25.1. The summed E-state index contributed by atoms with van der Waals surface area (Å²) in [6.07, 6.45) is 0. The van der Waals surface area contributed by atoms with Crippen LogP contribution in [0, 0.1) is 0 Å². The maximum atomic E-state index is 6.89. The van der Waals surface area contributed by atoms with E-state index in [9.17, 15) is 0 Å². The van der Waals surface area contributed by atoms with Gasteiger partial charge in [0.15, 0.2) is 0 Å². The molecule has 1 unspecified atom stereocenters. The molecular formula is C45H28O. The lowest BCUT2D eigenvalue weighted by Gasteiger charge is -2.36. The maximum absolute atomic E-state index is 6.89. The molecule has 0 aromatic heterocycles. The van der Waals surface area contributed by atoms with Crippen LogP contribution in [0.15, 0.2) is 170 Å². The Morgan fingerprint density at radius 1 is 0.370 bits per heavy atom. The van der Waals surface area contributed by atoms with Gasteiger partial charge in [-0.3, -0.25) is 0 Å². The molecular weight excluding hydrogens is 556 g/mol. The minimum absolute atomic E-state index is 0.540. The highest BCUT2D eigenvalue weighted by atomic mass is 16.5. The van der Waals surface area contributed by atoms with E-state index in [1.807, 2.05) is 0 Å². The number of hydrogen-bond acceptors (Lipinski definition) is 1. The Hall–Kier alpha value is -5.92. The molecule has 214 valence electrons. The molecule has 46 heavy (non-hydrogen) atoms. The first-order valence-electron chi connectivity index (χ1n) is 15.9. The Bertz CT molecular complexity index is 2510. The lowest BCUT2D eigenvalue weighted by atomic mass is 9.65. The molecule has 1 aliphatic carbocycles. The van der Waals surface area contributed by atoms with Gasteiger partial charge in [0.05, 0.1) is 5.41 Å². The van der Waals surface area contributed by atoms with Gasteiger partial charge in [-0.05, 0) is 72.8 Å². The van der Waals surface area contributed by atoms with E-state index in [0.717, 1.165) is 22.6 Å². The first kappa shape index (κ1) is 25.4. The molecule has 1 nitrogen and oxygen atoms in total. The van der Waals surface area contributed by atoms with E-state index in [1.54, 1.807) is 0 Å². The zero-order chi connectivity index (χ0) is 30.2. The molecule has 0 fully saturated rings. The van der Waals surface area contributed by atoms with Crippen LogP contribution in [-0.2, 0) is 5.41 Å². The fourth-order valence-electron chi connectivity index (χ4n) is 8.31. The smallest absolute Gasteiger partial charge is 0.143 e. The lowest BCUT2D eigenvalue weighted by molar-refractivity contribution is 0.488. The predicted molar refractivity (Wildman–Crippen MR) is 190 cm³/mol. The van der Waals surface area contributed by atoms with Gasteiger partial charge < -0.3 is 4.74 Å². The molecule has 0 bridgehead atoms. The van der Waals surface area contributed by atoms with E-state index >= 15 is 0 Å². The van der Waals surface area contributed by atoms with Crippen molar-refractivity contribution in [1.29, 1.82) is 0 Å². The topological polar surface area (TPSA) is 9.23 Å². The summed E-state index contributed by atoms with van der Waals surface area (Å²) < 4.78 is 6.89. The van der Waals surface area contributed by atoms with Crippen LogP contribution in [0.5, 0.6) is 11.5 Å². The second-order valence-corrected chi connectivity index (χ2v) is 12.4. The van der Waals surface area contributed by atoms with Crippen LogP contribution in [-0.4, -0.2) is 0 Å². The van der Waals surface area contributed by atoms with Crippen LogP contribution in [0.2, 0.25) is 0 Å². The average Bonchev–Trinajstić information content (AvgIpc) is 3.44. The Kier molecular flexibility index (Phi) is 5.27. The fourth-order valence-corrected chi connectivity index (χ4v) is 8.31. The van der Waals surface area contributed by atoms with Crippen molar-refractivity contribution in [2.45, 2.75) is 5.41 Å². The number of rotatable bonds is 3. The van der Waals surface area contributed by atoms with Crippen LogP contribution >= 0.6 is 0 Å². The third-order valence-corrected chi connectivity index (χ3v) is 10.1. The van der Waals surface area contributed by atoms with Crippen molar-refractivity contribution in [2.24, 2.45) is 0 Å². The molecule has 0 radical (unpaired) electrons. The highest BCUT2D eigenvalue weighted by Gasteiger charge is 2.48. The minimum atomic E-state index is -0.540. The van der Waals surface area contributed by atoms with Crippen molar-refractivity contribution in [3.05, 3.63) is 192 Å². The average molecular weight is 585 g/mol. The van der Waals surface area contributed by atoms with Gasteiger partial charge in [0.25, 0.3) is 0 Å². The van der Waals surface area contributed by atoms with Crippen LogP contribution in [0.4, 0.5) is 0 Å². The summed E-state index contributed by atoms with van der Waals surface area (Å²) >= 11 is 0. The highest BCUT2D eigenvalue weighted by Crippen LogP contribution is 2.60. The van der Waals surface area contributed by atoms with Gasteiger partial charge in [0.2, 0.25) is 0 Å². The Morgan fingerprint density at radius 3 is 1.87 bits per heavy atom. The monoisotopic (exact) mass is 584 g/mol. The van der Waals surface area contributed by atoms with Gasteiger partial charge in [-0.1, -0.05) is 158 Å². The second-order valence-electron chi connectivity index (χ2n) is 12.4. The molecule has 8 aromatic carbocycles. The molecule has 0 N–H and O–H groups in total. The van der Waals surface area contributed by atoms with E-state index in [-0.39, 0.29) is 0 Å².